The van der Waals surface area contributed by atoms with Gasteiger partial charge in [-0.05, 0) is 6.92 Å². The van der Waals surface area contributed by atoms with Crippen LogP contribution in [0.1, 0.15) is 13.3 Å². The highest BCUT2D eigenvalue weighted by Crippen LogP contribution is 2.23. The topological polar surface area (TPSA) is 58.6 Å². The molecule has 2 unspecified atom stereocenters. The average molecular weight is 183 g/mol. The maximum absolute atomic E-state index is 11.0. The van der Waals surface area contributed by atoms with E-state index < -0.39 is 11.5 Å². The Balaban J connectivity index is 2.66. The second-order valence-corrected chi connectivity index (χ2v) is 3.27. The average Bonchev–Trinajstić information content (AvgIpc) is 2.45. The maximum Gasteiger partial charge on any atom is 0.326 e. The van der Waals surface area contributed by atoms with Crippen LogP contribution in [0.5, 0.6) is 0 Å². The van der Waals surface area contributed by atoms with Gasteiger partial charge in [0, 0.05) is 6.42 Å². The van der Waals surface area contributed by atoms with Gasteiger partial charge in [-0.3, -0.25) is 10.1 Å². The standard InChI is InChI=1S/C9H13NO3/c1-3-4-10-9(8(11)12)5-7(2)13-6-9/h1,7,10H,4-6H2,2H3,(H,11,12). The third-order valence-corrected chi connectivity index (χ3v) is 2.19. The van der Waals surface area contributed by atoms with Crippen LogP contribution in [0.3, 0.4) is 0 Å². The minimum Gasteiger partial charge on any atom is -0.480 e. The normalized spacial score (nSPS) is 32.8. The van der Waals surface area contributed by atoms with E-state index >= 15 is 0 Å². The number of rotatable bonds is 3. The molecule has 1 heterocycles. The van der Waals surface area contributed by atoms with Gasteiger partial charge in [-0.1, -0.05) is 5.92 Å². The second-order valence-electron chi connectivity index (χ2n) is 3.27. The fourth-order valence-corrected chi connectivity index (χ4v) is 1.46. The van der Waals surface area contributed by atoms with Gasteiger partial charge in [-0.2, -0.15) is 0 Å². The lowest BCUT2D eigenvalue weighted by Crippen LogP contribution is -2.53. The molecule has 0 aromatic heterocycles. The predicted octanol–water partition coefficient (Wildman–Crippen LogP) is -0.159. The molecular formula is C9H13NO3. The van der Waals surface area contributed by atoms with Crippen LogP contribution in [-0.4, -0.2) is 35.9 Å². The molecule has 72 valence electrons. The highest BCUT2D eigenvalue weighted by Gasteiger charge is 2.44. The predicted molar refractivity (Wildman–Crippen MR) is 47.2 cm³/mol. The Bertz CT molecular complexity index is 246. The summed E-state index contributed by atoms with van der Waals surface area (Å²) in [6, 6.07) is 0. The minimum absolute atomic E-state index is 0.0265. The second kappa shape index (κ2) is 3.77. The molecule has 0 radical (unpaired) electrons. The number of hydrogen-bond acceptors (Lipinski definition) is 3. The molecule has 0 aliphatic carbocycles. The first kappa shape index (κ1) is 10.0. The third-order valence-electron chi connectivity index (χ3n) is 2.19. The summed E-state index contributed by atoms with van der Waals surface area (Å²) in [5.41, 5.74) is -0.980. The Hall–Kier alpha value is -1.05. The molecule has 0 amide bonds. The number of carboxylic acid groups (broad SMARTS) is 1. The van der Waals surface area contributed by atoms with Crippen molar-refractivity contribution < 1.29 is 14.6 Å². The van der Waals surface area contributed by atoms with Crippen LogP contribution in [0.4, 0.5) is 0 Å². The smallest absolute Gasteiger partial charge is 0.326 e. The molecule has 1 fully saturated rings. The SMILES string of the molecule is C#CCNC1(C(=O)O)COC(C)C1. The summed E-state index contributed by atoms with van der Waals surface area (Å²) in [5, 5.41) is 11.8. The molecule has 2 atom stereocenters. The van der Waals surface area contributed by atoms with Crippen molar-refractivity contribution in [2.24, 2.45) is 0 Å². The summed E-state index contributed by atoms with van der Waals surface area (Å²) in [4.78, 5) is 11.0. The van der Waals surface area contributed by atoms with Gasteiger partial charge >= 0.3 is 5.97 Å². The van der Waals surface area contributed by atoms with E-state index in [0.29, 0.717) is 6.42 Å². The molecule has 1 saturated heterocycles. The first-order chi connectivity index (χ1) is 6.10. The highest BCUT2D eigenvalue weighted by molar-refractivity contribution is 5.79. The lowest BCUT2D eigenvalue weighted by Gasteiger charge is -2.22. The summed E-state index contributed by atoms with van der Waals surface area (Å²) in [7, 11) is 0. The molecule has 1 aliphatic rings. The van der Waals surface area contributed by atoms with Crippen molar-refractivity contribution >= 4 is 5.97 Å². The monoisotopic (exact) mass is 183 g/mol. The minimum atomic E-state index is -0.980. The largest absolute Gasteiger partial charge is 0.480 e. The number of carbonyl (C=O) groups is 1. The third kappa shape index (κ3) is 2.00. The summed E-state index contributed by atoms with van der Waals surface area (Å²) >= 11 is 0. The number of aliphatic carboxylic acids is 1. The molecular weight excluding hydrogens is 170 g/mol. The van der Waals surface area contributed by atoms with Crippen LogP contribution in [-0.2, 0) is 9.53 Å². The summed E-state index contributed by atoms with van der Waals surface area (Å²) in [5.74, 6) is 1.46. The molecule has 0 spiro atoms. The van der Waals surface area contributed by atoms with Crippen LogP contribution in [0, 0.1) is 12.3 Å². The number of ether oxygens (including phenoxy) is 1. The van der Waals surface area contributed by atoms with Gasteiger partial charge in [0.2, 0.25) is 0 Å². The van der Waals surface area contributed by atoms with Crippen molar-refractivity contribution in [3.05, 3.63) is 0 Å². The first-order valence-corrected chi connectivity index (χ1v) is 4.14. The van der Waals surface area contributed by atoms with Crippen molar-refractivity contribution in [2.45, 2.75) is 25.0 Å². The van der Waals surface area contributed by atoms with Crippen LogP contribution >= 0.6 is 0 Å². The zero-order valence-electron chi connectivity index (χ0n) is 7.54. The van der Waals surface area contributed by atoms with Crippen molar-refractivity contribution in [1.82, 2.24) is 5.32 Å². The van der Waals surface area contributed by atoms with E-state index in [1.165, 1.54) is 0 Å². The molecule has 0 aromatic rings. The molecule has 1 rings (SSSR count). The van der Waals surface area contributed by atoms with Crippen molar-refractivity contribution in [1.29, 1.82) is 0 Å². The van der Waals surface area contributed by atoms with Gasteiger partial charge in [0.05, 0.1) is 19.3 Å². The number of nitrogens with one attached hydrogen (secondary N) is 1. The molecule has 4 nitrogen and oxygen atoms in total. The quantitative estimate of drug-likeness (QED) is 0.597. The Labute approximate surface area is 77.3 Å². The zero-order chi connectivity index (χ0) is 9.90. The first-order valence-electron chi connectivity index (χ1n) is 4.14. The summed E-state index contributed by atoms with van der Waals surface area (Å²) in [6.07, 6.45) is 5.49. The lowest BCUT2D eigenvalue weighted by molar-refractivity contribution is -0.144. The van der Waals surface area contributed by atoms with E-state index in [1.54, 1.807) is 0 Å². The molecule has 0 bridgehead atoms. The number of carboxylic acids is 1. The van der Waals surface area contributed by atoms with Crippen LogP contribution < -0.4 is 5.32 Å². The molecule has 2 N–H and O–H groups in total. The Morgan fingerprint density at radius 3 is 3.00 bits per heavy atom. The molecule has 1 aliphatic heterocycles. The fraction of sp³-hybridized carbons (Fsp3) is 0.667. The summed E-state index contributed by atoms with van der Waals surface area (Å²) in [6.45, 7) is 2.29. The van der Waals surface area contributed by atoms with E-state index in [2.05, 4.69) is 11.2 Å². The van der Waals surface area contributed by atoms with Crippen molar-refractivity contribution in [3.63, 3.8) is 0 Å². The van der Waals surface area contributed by atoms with Crippen molar-refractivity contribution in [3.8, 4) is 12.3 Å². The Kier molecular flexibility index (Phi) is 2.91. The molecule has 0 aromatic carbocycles. The van der Waals surface area contributed by atoms with Crippen molar-refractivity contribution in [2.75, 3.05) is 13.2 Å². The highest BCUT2D eigenvalue weighted by atomic mass is 16.5. The Morgan fingerprint density at radius 2 is 2.62 bits per heavy atom. The van der Waals surface area contributed by atoms with E-state index in [1.807, 2.05) is 6.92 Å². The van der Waals surface area contributed by atoms with Gasteiger partial charge < -0.3 is 9.84 Å². The van der Waals surface area contributed by atoms with Gasteiger partial charge in [0.1, 0.15) is 5.54 Å². The van der Waals surface area contributed by atoms with E-state index in [9.17, 15) is 4.79 Å². The molecule has 13 heavy (non-hydrogen) atoms. The lowest BCUT2D eigenvalue weighted by atomic mass is 9.96. The maximum atomic E-state index is 11.0. The van der Waals surface area contributed by atoms with E-state index in [-0.39, 0.29) is 19.3 Å². The zero-order valence-corrected chi connectivity index (χ0v) is 7.54. The van der Waals surface area contributed by atoms with Gasteiger partial charge in [0.15, 0.2) is 0 Å². The molecule has 0 saturated carbocycles. The van der Waals surface area contributed by atoms with Crippen LogP contribution in [0.25, 0.3) is 0 Å². The van der Waals surface area contributed by atoms with E-state index in [4.69, 9.17) is 16.3 Å². The van der Waals surface area contributed by atoms with Crippen LogP contribution in [0.2, 0.25) is 0 Å². The van der Waals surface area contributed by atoms with Crippen LogP contribution in [0.15, 0.2) is 0 Å². The fourth-order valence-electron chi connectivity index (χ4n) is 1.46. The van der Waals surface area contributed by atoms with Gasteiger partial charge in [0.25, 0.3) is 0 Å². The summed E-state index contributed by atoms with van der Waals surface area (Å²) < 4.78 is 5.22. The number of hydrogen-bond donors (Lipinski definition) is 2. The number of terminal acetylenes is 1. The van der Waals surface area contributed by atoms with E-state index in [0.717, 1.165) is 0 Å². The van der Waals surface area contributed by atoms with Gasteiger partial charge in [-0.25, -0.2) is 0 Å². The Morgan fingerprint density at radius 1 is 1.92 bits per heavy atom. The molecule has 4 heteroatoms. The van der Waals surface area contributed by atoms with Gasteiger partial charge in [-0.15, -0.1) is 6.42 Å².